The predicted molar refractivity (Wildman–Crippen MR) is 97.2 cm³/mol. The van der Waals surface area contributed by atoms with Crippen LogP contribution in [0.3, 0.4) is 0 Å². The molecule has 0 bridgehead atoms. The number of ether oxygens (including phenoxy) is 1. The molecule has 2 aromatic rings. The Labute approximate surface area is 162 Å². The first kappa shape index (κ1) is 19.0. The lowest BCUT2D eigenvalue weighted by Gasteiger charge is -2.22. The summed E-state index contributed by atoms with van der Waals surface area (Å²) < 4.78 is 36.9. The van der Waals surface area contributed by atoms with Crippen LogP contribution in [-0.4, -0.2) is 65.3 Å². The van der Waals surface area contributed by atoms with Crippen molar-refractivity contribution in [2.75, 3.05) is 26.3 Å². The number of nitrogens with zero attached hydrogens (tertiary/aromatic N) is 4. The Bertz CT molecular complexity index is 928. The number of aromatic nitrogens is 3. The van der Waals surface area contributed by atoms with Gasteiger partial charge in [-0.2, -0.15) is 9.29 Å². The fourth-order valence-electron chi connectivity index (χ4n) is 2.98. The van der Waals surface area contributed by atoms with Crippen molar-refractivity contribution in [1.82, 2.24) is 24.7 Å². The topological polar surface area (TPSA) is 128 Å². The minimum absolute atomic E-state index is 0.0462. The van der Waals surface area contributed by atoms with Crippen molar-refractivity contribution in [2.24, 2.45) is 5.92 Å². The second-order valence-corrected chi connectivity index (χ2v) is 9.03. The van der Waals surface area contributed by atoms with E-state index in [0.29, 0.717) is 24.4 Å². The van der Waals surface area contributed by atoms with Crippen LogP contribution in [0.4, 0.5) is 0 Å². The van der Waals surface area contributed by atoms with E-state index in [0.717, 1.165) is 0 Å². The number of carbonyl (C=O) groups is 1. The Kier molecular flexibility index (Phi) is 5.38. The van der Waals surface area contributed by atoms with Gasteiger partial charge in [0, 0.05) is 19.3 Å². The van der Waals surface area contributed by atoms with Crippen molar-refractivity contribution in [3.8, 4) is 11.5 Å². The Morgan fingerprint density at radius 3 is 2.93 bits per heavy atom. The lowest BCUT2D eigenvalue weighted by Crippen LogP contribution is -2.42. The summed E-state index contributed by atoms with van der Waals surface area (Å²) in [5.74, 6) is -0.319. The first-order valence-corrected chi connectivity index (χ1v) is 10.6. The number of pyridine rings is 1. The monoisotopic (exact) mass is 407 g/mol. The van der Waals surface area contributed by atoms with E-state index >= 15 is 0 Å². The van der Waals surface area contributed by atoms with E-state index in [-0.39, 0.29) is 49.9 Å². The third-order valence-corrected chi connectivity index (χ3v) is 7.05. The molecular formula is C17H21N5O5S. The quantitative estimate of drug-likeness (QED) is 0.719. The molecule has 2 aromatic heterocycles. The number of hydrogen-bond acceptors (Lipinski definition) is 8. The highest BCUT2D eigenvalue weighted by atomic mass is 32.2. The summed E-state index contributed by atoms with van der Waals surface area (Å²) in [6.07, 6.45) is 3.00. The van der Waals surface area contributed by atoms with Gasteiger partial charge in [0.25, 0.3) is 0 Å². The van der Waals surface area contributed by atoms with Crippen LogP contribution in [0.1, 0.15) is 18.7 Å². The lowest BCUT2D eigenvalue weighted by atomic mass is 10.1. The third-order valence-electron chi connectivity index (χ3n) is 4.68. The van der Waals surface area contributed by atoms with E-state index < -0.39 is 15.9 Å². The van der Waals surface area contributed by atoms with Gasteiger partial charge in [0.1, 0.15) is 5.69 Å². The first-order chi connectivity index (χ1) is 13.5. The standard InChI is InChI=1S/C17H21N5O5S/c23-17(12-10-22(7-8-26-11-12)28(24,25)13-4-5-13)19-9-15-20-16(21-27-15)14-3-1-2-6-18-14/h1-3,6,12-13H,4-5,7-11H2,(H,19,23). The average Bonchev–Trinajstić information content (AvgIpc) is 3.50. The minimum atomic E-state index is -3.35. The molecule has 10 nitrogen and oxygen atoms in total. The van der Waals surface area contributed by atoms with Crippen molar-refractivity contribution in [2.45, 2.75) is 24.6 Å². The number of rotatable bonds is 6. The summed E-state index contributed by atoms with van der Waals surface area (Å²) in [6.45, 7) is 0.899. The van der Waals surface area contributed by atoms with Gasteiger partial charge in [-0.15, -0.1) is 0 Å². The van der Waals surface area contributed by atoms with Gasteiger partial charge in [0.2, 0.25) is 27.6 Å². The van der Waals surface area contributed by atoms with Gasteiger partial charge >= 0.3 is 0 Å². The molecule has 11 heteroatoms. The van der Waals surface area contributed by atoms with Gasteiger partial charge in [-0.25, -0.2) is 8.42 Å². The second kappa shape index (κ2) is 7.94. The molecule has 2 aliphatic rings. The Morgan fingerprint density at radius 1 is 1.32 bits per heavy atom. The van der Waals surface area contributed by atoms with Gasteiger partial charge in [-0.1, -0.05) is 11.2 Å². The molecule has 1 amide bonds. The normalized spacial score (nSPS) is 21.2. The van der Waals surface area contributed by atoms with E-state index in [4.69, 9.17) is 9.26 Å². The zero-order chi connectivity index (χ0) is 19.6. The highest BCUT2D eigenvalue weighted by Gasteiger charge is 2.42. The second-order valence-electron chi connectivity index (χ2n) is 6.82. The van der Waals surface area contributed by atoms with Crippen LogP contribution < -0.4 is 5.32 Å². The van der Waals surface area contributed by atoms with E-state index in [2.05, 4.69) is 20.4 Å². The molecule has 1 atom stereocenters. The van der Waals surface area contributed by atoms with E-state index in [1.54, 1.807) is 18.3 Å². The summed E-state index contributed by atoms with van der Waals surface area (Å²) in [6, 6.07) is 5.35. The SMILES string of the molecule is O=C(NCc1nc(-c2ccccn2)no1)C1COCCN(S(=O)(=O)C2CC2)C1. The molecule has 4 rings (SSSR count). The van der Waals surface area contributed by atoms with Crippen molar-refractivity contribution in [1.29, 1.82) is 0 Å². The summed E-state index contributed by atoms with van der Waals surface area (Å²) in [5.41, 5.74) is 0.571. The van der Waals surface area contributed by atoms with Gasteiger partial charge in [-0.05, 0) is 25.0 Å². The molecule has 0 aromatic carbocycles. The fraction of sp³-hybridized carbons (Fsp3) is 0.529. The smallest absolute Gasteiger partial charge is 0.246 e. The highest BCUT2D eigenvalue weighted by molar-refractivity contribution is 7.90. The molecule has 2 fully saturated rings. The van der Waals surface area contributed by atoms with E-state index in [1.807, 2.05) is 6.07 Å². The van der Waals surface area contributed by atoms with Gasteiger partial charge < -0.3 is 14.6 Å². The predicted octanol–water partition coefficient (Wildman–Crippen LogP) is 0.188. The summed E-state index contributed by atoms with van der Waals surface area (Å²) in [5, 5.41) is 6.26. The van der Waals surface area contributed by atoms with Crippen LogP contribution in [-0.2, 0) is 26.1 Å². The highest BCUT2D eigenvalue weighted by Crippen LogP contribution is 2.31. The van der Waals surface area contributed by atoms with E-state index in [1.165, 1.54) is 4.31 Å². The Balaban J connectivity index is 1.36. The summed E-state index contributed by atoms with van der Waals surface area (Å²) >= 11 is 0. The molecule has 1 aliphatic heterocycles. The van der Waals surface area contributed by atoms with Crippen LogP contribution in [0.15, 0.2) is 28.9 Å². The Morgan fingerprint density at radius 2 is 2.18 bits per heavy atom. The van der Waals surface area contributed by atoms with Crippen LogP contribution >= 0.6 is 0 Å². The van der Waals surface area contributed by atoms with Crippen molar-refractivity contribution in [3.63, 3.8) is 0 Å². The summed E-state index contributed by atoms with van der Waals surface area (Å²) in [7, 11) is -3.35. The van der Waals surface area contributed by atoms with Crippen LogP contribution in [0.25, 0.3) is 11.5 Å². The number of nitrogens with one attached hydrogen (secondary N) is 1. The van der Waals surface area contributed by atoms with Gasteiger partial charge in [-0.3, -0.25) is 9.78 Å². The van der Waals surface area contributed by atoms with Gasteiger partial charge in [0.05, 0.1) is 30.9 Å². The zero-order valence-electron chi connectivity index (χ0n) is 15.2. The van der Waals surface area contributed by atoms with Crippen LogP contribution in [0.2, 0.25) is 0 Å². The number of carbonyl (C=O) groups excluding carboxylic acids is 1. The maximum Gasteiger partial charge on any atom is 0.246 e. The fourth-order valence-corrected chi connectivity index (χ4v) is 4.85. The summed E-state index contributed by atoms with van der Waals surface area (Å²) in [4.78, 5) is 20.9. The number of amides is 1. The van der Waals surface area contributed by atoms with Crippen molar-refractivity contribution in [3.05, 3.63) is 30.3 Å². The minimum Gasteiger partial charge on any atom is -0.379 e. The third kappa shape index (κ3) is 4.21. The maximum atomic E-state index is 12.5. The Hall–Kier alpha value is -2.37. The number of sulfonamides is 1. The molecule has 1 saturated heterocycles. The molecule has 0 spiro atoms. The number of hydrogen-bond donors (Lipinski definition) is 1. The van der Waals surface area contributed by atoms with E-state index in [9.17, 15) is 13.2 Å². The molecule has 1 saturated carbocycles. The zero-order valence-corrected chi connectivity index (χ0v) is 16.0. The van der Waals surface area contributed by atoms with Crippen molar-refractivity contribution >= 4 is 15.9 Å². The van der Waals surface area contributed by atoms with Gasteiger partial charge in [0.15, 0.2) is 0 Å². The molecule has 28 heavy (non-hydrogen) atoms. The average molecular weight is 407 g/mol. The van der Waals surface area contributed by atoms with Crippen molar-refractivity contribution < 1.29 is 22.5 Å². The van der Waals surface area contributed by atoms with Crippen LogP contribution in [0, 0.1) is 5.92 Å². The van der Waals surface area contributed by atoms with Crippen LogP contribution in [0.5, 0.6) is 0 Å². The molecule has 3 heterocycles. The molecule has 1 unspecified atom stereocenters. The molecule has 1 N–H and O–H groups in total. The lowest BCUT2D eigenvalue weighted by molar-refractivity contribution is -0.126. The largest absolute Gasteiger partial charge is 0.379 e. The molecule has 1 aliphatic carbocycles. The molecule has 0 radical (unpaired) electrons. The first-order valence-electron chi connectivity index (χ1n) is 9.12. The molecular weight excluding hydrogens is 386 g/mol. The molecule has 150 valence electrons. The maximum absolute atomic E-state index is 12.5.